The summed E-state index contributed by atoms with van der Waals surface area (Å²) in [4.78, 5) is 25.5. The number of anilines is 6. The Kier molecular flexibility index (Phi) is 6.15. The molecule has 0 aliphatic carbocycles. The molecule has 0 fully saturated rings. The van der Waals surface area contributed by atoms with Crippen LogP contribution in [0.3, 0.4) is 0 Å². The smallest absolute Gasteiger partial charge is 0.255 e. The lowest BCUT2D eigenvalue weighted by molar-refractivity contribution is 0.102. The standard InChI is InChI=1S/C28H25N7O/c1-17-4-3-5-23-24(14-15-30-26(17)23)32-20-8-6-19(7-9-20)27(36)34-22-12-10-21(11-13-22)33-25-16-18(2)31-28(29)35-25/h3-16H,1-2H3,(H,30,32)(H,34,36)(H3,29,31,33,35). The minimum atomic E-state index is -0.188. The van der Waals surface area contributed by atoms with Crippen molar-refractivity contribution in [1.82, 2.24) is 15.0 Å². The Morgan fingerprint density at radius 3 is 2.25 bits per heavy atom. The highest BCUT2D eigenvalue weighted by Crippen LogP contribution is 2.27. The zero-order valence-electron chi connectivity index (χ0n) is 19.9. The summed E-state index contributed by atoms with van der Waals surface area (Å²) < 4.78 is 0. The van der Waals surface area contributed by atoms with E-state index >= 15 is 0 Å². The van der Waals surface area contributed by atoms with Crippen molar-refractivity contribution in [2.75, 3.05) is 21.7 Å². The molecule has 0 aliphatic heterocycles. The molecule has 5 aromatic rings. The number of carbonyl (C=O) groups excluding carboxylic acids is 1. The third kappa shape index (κ3) is 5.07. The van der Waals surface area contributed by atoms with E-state index in [-0.39, 0.29) is 11.9 Å². The van der Waals surface area contributed by atoms with Gasteiger partial charge in [0, 0.05) is 51.7 Å². The minimum Gasteiger partial charge on any atom is -0.368 e. The average molecular weight is 476 g/mol. The van der Waals surface area contributed by atoms with Gasteiger partial charge < -0.3 is 21.7 Å². The van der Waals surface area contributed by atoms with Crippen LogP contribution in [0.1, 0.15) is 21.6 Å². The number of aromatic nitrogens is 3. The van der Waals surface area contributed by atoms with Crippen molar-refractivity contribution in [2.24, 2.45) is 0 Å². The molecule has 3 aromatic carbocycles. The number of carbonyl (C=O) groups is 1. The van der Waals surface area contributed by atoms with Crippen molar-refractivity contribution in [1.29, 1.82) is 0 Å². The normalized spacial score (nSPS) is 10.7. The largest absolute Gasteiger partial charge is 0.368 e. The summed E-state index contributed by atoms with van der Waals surface area (Å²) in [6.45, 7) is 3.90. The molecule has 0 atom stereocenters. The molecule has 0 aliphatic rings. The van der Waals surface area contributed by atoms with Crippen LogP contribution in [0.25, 0.3) is 10.9 Å². The molecule has 2 heterocycles. The molecule has 0 unspecified atom stereocenters. The minimum absolute atomic E-state index is 0.188. The second-order valence-corrected chi connectivity index (χ2v) is 8.44. The fourth-order valence-electron chi connectivity index (χ4n) is 3.94. The van der Waals surface area contributed by atoms with Crippen molar-refractivity contribution in [3.8, 4) is 0 Å². The Balaban J connectivity index is 1.23. The molecule has 0 bridgehead atoms. The summed E-state index contributed by atoms with van der Waals surface area (Å²) in [7, 11) is 0. The molecule has 1 amide bonds. The van der Waals surface area contributed by atoms with Crippen LogP contribution >= 0.6 is 0 Å². The first-order valence-corrected chi connectivity index (χ1v) is 11.5. The van der Waals surface area contributed by atoms with Gasteiger partial charge in [0.05, 0.1) is 5.52 Å². The van der Waals surface area contributed by atoms with Gasteiger partial charge in [0.2, 0.25) is 5.95 Å². The van der Waals surface area contributed by atoms with Crippen molar-refractivity contribution >= 4 is 51.3 Å². The first-order chi connectivity index (χ1) is 17.4. The van der Waals surface area contributed by atoms with E-state index in [1.165, 1.54) is 0 Å². The molecule has 5 N–H and O–H groups in total. The number of hydrogen-bond acceptors (Lipinski definition) is 7. The van der Waals surface area contributed by atoms with Crippen LogP contribution in [0, 0.1) is 13.8 Å². The van der Waals surface area contributed by atoms with Crippen molar-refractivity contribution in [3.05, 3.63) is 102 Å². The molecule has 8 nitrogen and oxygen atoms in total. The quantitative estimate of drug-likeness (QED) is 0.239. The first kappa shape index (κ1) is 22.8. The Morgan fingerprint density at radius 2 is 1.50 bits per heavy atom. The van der Waals surface area contributed by atoms with Gasteiger partial charge in [-0.3, -0.25) is 9.78 Å². The second-order valence-electron chi connectivity index (χ2n) is 8.44. The van der Waals surface area contributed by atoms with E-state index in [1.807, 2.05) is 80.6 Å². The predicted molar refractivity (Wildman–Crippen MR) is 145 cm³/mol. The number of benzene rings is 3. The molecule has 2 aromatic heterocycles. The van der Waals surface area contributed by atoms with Crippen LogP contribution in [0.15, 0.2) is 85.1 Å². The van der Waals surface area contributed by atoms with Gasteiger partial charge in [-0.1, -0.05) is 18.2 Å². The van der Waals surface area contributed by atoms with Gasteiger partial charge in [-0.15, -0.1) is 0 Å². The summed E-state index contributed by atoms with van der Waals surface area (Å²) in [5.74, 6) is 0.638. The average Bonchev–Trinajstić information content (AvgIpc) is 2.86. The maximum atomic E-state index is 12.8. The van der Waals surface area contributed by atoms with Gasteiger partial charge in [-0.25, -0.2) is 4.98 Å². The van der Waals surface area contributed by atoms with Crippen molar-refractivity contribution in [3.63, 3.8) is 0 Å². The Bertz CT molecular complexity index is 1530. The number of para-hydroxylation sites is 1. The number of nitrogens with one attached hydrogen (secondary N) is 3. The lowest BCUT2D eigenvalue weighted by Gasteiger charge is -2.11. The zero-order chi connectivity index (χ0) is 25.1. The first-order valence-electron chi connectivity index (χ1n) is 11.5. The molecule has 0 radical (unpaired) electrons. The number of nitrogen functional groups attached to an aromatic ring is 1. The molecular weight excluding hydrogens is 450 g/mol. The third-order valence-corrected chi connectivity index (χ3v) is 5.69. The summed E-state index contributed by atoms with van der Waals surface area (Å²) in [6, 6.07) is 24.6. The molecule has 0 spiro atoms. The molecule has 5 rings (SSSR count). The molecule has 8 heteroatoms. The highest BCUT2D eigenvalue weighted by molar-refractivity contribution is 6.04. The molecule has 178 valence electrons. The maximum Gasteiger partial charge on any atom is 0.255 e. The van der Waals surface area contributed by atoms with Crippen LogP contribution in [0.4, 0.5) is 34.5 Å². The number of nitrogens with two attached hydrogens (primary N) is 1. The van der Waals surface area contributed by atoms with Crippen LogP contribution in [0.2, 0.25) is 0 Å². The molecule has 36 heavy (non-hydrogen) atoms. The van der Waals surface area contributed by atoms with E-state index in [4.69, 9.17) is 5.73 Å². The monoisotopic (exact) mass is 475 g/mol. The second kappa shape index (κ2) is 9.71. The van der Waals surface area contributed by atoms with E-state index in [0.29, 0.717) is 17.1 Å². The zero-order valence-corrected chi connectivity index (χ0v) is 19.9. The molecule has 0 saturated heterocycles. The van der Waals surface area contributed by atoms with Crippen molar-refractivity contribution < 1.29 is 4.79 Å². The fourth-order valence-corrected chi connectivity index (χ4v) is 3.94. The lowest BCUT2D eigenvalue weighted by Crippen LogP contribution is -2.11. The number of fused-ring (bicyclic) bond motifs is 1. The predicted octanol–water partition coefficient (Wildman–Crippen LogP) is 5.96. The number of amides is 1. The highest BCUT2D eigenvalue weighted by atomic mass is 16.1. The fraction of sp³-hybridized carbons (Fsp3) is 0.0714. The van der Waals surface area contributed by atoms with E-state index in [0.717, 1.165) is 39.2 Å². The van der Waals surface area contributed by atoms with E-state index in [1.54, 1.807) is 18.3 Å². The number of nitrogens with zero attached hydrogens (tertiary/aromatic N) is 3. The van der Waals surface area contributed by atoms with Crippen LogP contribution in [-0.2, 0) is 0 Å². The van der Waals surface area contributed by atoms with Gasteiger partial charge in [0.15, 0.2) is 0 Å². The van der Waals surface area contributed by atoms with E-state index < -0.39 is 0 Å². The summed E-state index contributed by atoms with van der Waals surface area (Å²) in [5.41, 5.74) is 12.5. The molecular formula is C28H25N7O. The third-order valence-electron chi connectivity index (χ3n) is 5.69. The van der Waals surface area contributed by atoms with Gasteiger partial charge in [-0.05, 0) is 74.0 Å². The van der Waals surface area contributed by atoms with E-state index in [9.17, 15) is 4.79 Å². The van der Waals surface area contributed by atoms with Crippen LogP contribution in [0.5, 0.6) is 0 Å². The van der Waals surface area contributed by atoms with Gasteiger partial charge in [0.1, 0.15) is 5.82 Å². The SMILES string of the molecule is Cc1cc(Nc2ccc(NC(=O)c3ccc(Nc4ccnc5c(C)cccc45)cc3)cc2)nc(N)n1. The number of rotatable bonds is 6. The highest BCUT2D eigenvalue weighted by Gasteiger charge is 2.08. The van der Waals surface area contributed by atoms with E-state index in [2.05, 4.69) is 30.9 Å². The van der Waals surface area contributed by atoms with Crippen molar-refractivity contribution in [2.45, 2.75) is 13.8 Å². The number of aryl methyl sites for hydroxylation is 2. The Hall–Kier alpha value is -4.98. The maximum absolute atomic E-state index is 12.8. The topological polar surface area (TPSA) is 118 Å². The number of hydrogen-bond donors (Lipinski definition) is 4. The summed E-state index contributed by atoms with van der Waals surface area (Å²) in [5, 5.41) is 10.6. The Morgan fingerprint density at radius 1 is 0.806 bits per heavy atom. The van der Waals surface area contributed by atoms with Gasteiger partial charge in [-0.2, -0.15) is 4.98 Å². The summed E-state index contributed by atoms with van der Waals surface area (Å²) in [6.07, 6.45) is 1.80. The van der Waals surface area contributed by atoms with Gasteiger partial charge >= 0.3 is 0 Å². The van der Waals surface area contributed by atoms with Gasteiger partial charge in [0.25, 0.3) is 5.91 Å². The number of pyridine rings is 1. The van der Waals surface area contributed by atoms with Crippen LogP contribution in [-0.4, -0.2) is 20.9 Å². The summed E-state index contributed by atoms with van der Waals surface area (Å²) >= 11 is 0. The molecule has 0 saturated carbocycles. The lowest BCUT2D eigenvalue weighted by atomic mass is 10.1. The van der Waals surface area contributed by atoms with Crippen LogP contribution < -0.4 is 21.7 Å². The Labute approximate surface area is 208 Å².